The molecule has 0 bridgehead atoms. The molecule has 1 aromatic rings. The summed E-state index contributed by atoms with van der Waals surface area (Å²) in [6.07, 6.45) is 1.53. The molecule has 0 spiro atoms. The molecular formula is C16H22N2O4. The van der Waals surface area contributed by atoms with Crippen LogP contribution in [0.5, 0.6) is 11.5 Å². The highest BCUT2D eigenvalue weighted by Gasteiger charge is 2.27. The van der Waals surface area contributed by atoms with Crippen LogP contribution >= 0.6 is 0 Å². The minimum absolute atomic E-state index is 0.116. The van der Waals surface area contributed by atoms with Crippen LogP contribution in [0.2, 0.25) is 0 Å². The van der Waals surface area contributed by atoms with Gasteiger partial charge in [-0.2, -0.15) is 0 Å². The maximum atomic E-state index is 12.6. The molecule has 6 nitrogen and oxygen atoms in total. The van der Waals surface area contributed by atoms with Crippen LogP contribution in [0.25, 0.3) is 0 Å². The Hall–Kier alpha value is -2.24. The van der Waals surface area contributed by atoms with Gasteiger partial charge in [0.1, 0.15) is 0 Å². The first-order chi connectivity index (χ1) is 10.6. The zero-order chi connectivity index (χ0) is 16.1. The number of amides is 2. The van der Waals surface area contributed by atoms with E-state index in [1.807, 2.05) is 6.92 Å². The van der Waals surface area contributed by atoms with Gasteiger partial charge < -0.3 is 20.1 Å². The van der Waals surface area contributed by atoms with Crippen LogP contribution in [-0.2, 0) is 4.79 Å². The first kappa shape index (κ1) is 16.1. The zero-order valence-corrected chi connectivity index (χ0v) is 13.0. The summed E-state index contributed by atoms with van der Waals surface area (Å²) in [7, 11) is 1.56. The summed E-state index contributed by atoms with van der Waals surface area (Å²) >= 11 is 0. The summed E-state index contributed by atoms with van der Waals surface area (Å²) in [5.41, 5.74) is 5.88. The first-order valence-corrected chi connectivity index (χ1v) is 7.46. The van der Waals surface area contributed by atoms with Gasteiger partial charge in [0.25, 0.3) is 5.91 Å². The number of hydrogen-bond acceptors (Lipinski definition) is 4. The van der Waals surface area contributed by atoms with Gasteiger partial charge >= 0.3 is 0 Å². The first-order valence-electron chi connectivity index (χ1n) is 7.46. The van der Waals surface area contributed by atoms with Gasteiger partial charge in [0.2, 0.25) is 5.91 Å². The van der Waals surface area contributed by atoms with Crippen molar-refractivity contribution in [2.24, 2.45) is 11.7 Å². The molecule has 22 heavy (non-hydrogen) atoms. The molecule has 1 atom stereocenters. The zero-order valence-electron chi connectivity index (χ0n) is 13.0. The minimum atomic E-state index is -0.345. The number of primary amides is 1. The number of rotatable bonds is 5. The number of ether oxygens (including phenoxy) is 2. The van der Waals surface area contributed by atoms with Gasteiger partial charge in [0, 0.05) is 18.7 Å². The third-order valence-electron chi connectivity index (χ3n) is 3.82. The third kappa shape index (κ3) is 3.50. The summed E-state index contributed by atoms with van der Waals surface area (Å²) in [4.78, 5) is 25.6. The van der Waals surface area contributed by atoms with E-state index < -0.39 is 0 Å². The second-order valence-electron chi connectivity index (χ2n) is 5.29. The van der Waals surface area contributed by atoms with Crippen molar-refractivity contribution < 1.29 is 19.1 Å². The fourth-order valence-corrected chi connectivity index (χ4v) is 2.65. The van der Waals surface area contributed by atoms with E-state index in [2.05, 4.69) is 0 Å². The fourth-order valence-electron chi connectivity index (χ4n) is 2.65. The van der Waals surface area contributed by atoms with E-state index in [9.17, 15) is 9.59 Å². The molecule has 2 rings (SSSR count). The number of nitrogens with two attached hydrogens (primary N) is 1. The Morgan fingerprint density at radius 2 is 2.14 bits per heavy atom. The summed E-state index contributed by atoms with van der Waals surface area (Å²) < 4.78 is 10.7. The highest BCUT2D eigenvalue weighted by atomic mass is 16.5. The SMILES string of the molecule is CCOc1cc(C(=O)N2CCCC(C(N)=O)C2)ccc1OC. The quantitative estimate of drug-likeness (QED) is 0.892. The van der Waals surface area contributed by atoms with Crippen molar-refractivity contribution in [3.63, 3.8) is 0 Å². The van der Waals surface area contributed by atoms with E-state index in [1.165, 1.54) is 0 Å². The van der Waals surface area contributed by atoms with Crippen molar-refractivity contribution >= 4 is 11.8 Å². The summed E-state index contributed by atoms with van der Waals surface area (Å²) in [5.74, 6) is 0.408. The molecule has 1 heterocycles. The van der Waals surface area contributed by atoms with Crippen LogP contribution in [0.15, 0.2) is 18.2 Å². The molecular weight excluding hydrogens is 284 g/mol. The normalized spacial score (nSPS) is 17.9. The van der Waals surface area contributed by atoms with E-state index in [1.54, 1.807) is 30.2 Å². The maximum Gasteiger partial charge on any atom is 0.254 e. The summed E-state index contributed by atoms with van der Waals surface area (Å²) in [5, 5.41) is 0. The lowest BCUT2D eigenvalue weighted by molar-refractivity contribution is -0.123. The summed E-state index contributed by atoms with van der Waals surface area (Å²) in [6, 6.07) is 5.10. The summed E-state index contributed by atoms with van der Waals surface area (Å²) in [6.45, 7) is 3.38. The van der Waals surface area contributed by atoms with Crippen LogP contribution in [0, 0.1) is 5.92 Å². The number of methoxy groups -OCH3 is 1. The molecule has 1 saturated heterocycles. The number of carbonyl (C=O) groups excluding carboxylic acids is 2. The standard InChI is InChI=1S/C16H22N2O4/c1-3-22-14-9-11(6-7-13(14)21-2)16(20)18-8-4-5-12(10-18)15(17)19/h6-7,9,12H,3-5,8,10H2,1-2H3,(H2,17,19). The lowest BCUT2D eigenvalue weighted by Gasteiger charge is -2.31. The second-order valence-corrected chi connectivity index (χ2v) is 5.29. The topological polar surface area (TPSA) is 81.9 Å². The van der Waals surface area contributed by atoms with Crippen LogP contribution in [0.1, 0.15) is 30.1 Å². The highest BCUT2D eigenvalue weighted by molar-refractivity contribution is 5.95. The lowest BCUT2D eigenvalue weighted by Crippen LogP contribution is -2.44. The lowest BCUT2D eigenvalue weighted by atomic mass is 9.97. The van der Waals surface area contributed by atoms with Gasteiger partial charge in [-0.1, -0.05) is 0 Å². The van der Waals surface area contributed by atoms with Crippen molar-refractivity contribution in [2.75, 3.05) is 26.8 Å². The van der Waals surface area contributed by atoms with Gasteiger partial charge in [-0.25, -0.2) is 0 Å². The highest BCUT2D eigenvalue weighted by Crippen LogP contribution is 2.29. The predicted octanol–water partition coefficient (Wildman–Crippen LogP) is 1.43. The van der Waals surface area contributed by atoms with Gasteiger partial charge in [-0.3, -0.25) is 9.59 Å². The molecule has 0 aliphatic carbocycles. The molecule has 1 aliphatic heterocycles. The van der Waals surface area contributed by atoms with Crippen molar-refractivity contribution in [3.8, 4) is 11.5 Å². The average Bonchev–Trinajstić information content (AvgIpc) is 2.54. The molecule has 1 unspecified atom stereocenters. The monoisotopic (exact) mass is 306 g/mol. The molecule has 1 aromatic carbocycles. The molecule has 1 aliphatic rings. The smallest absolute Gasteiger partial charge is 0.254 e. The van der Waals surface area contributed by atoms with Gasteiger partial charge in [0.15, 0.2) is 11.5 Å². The Labute approximate surface area is 130 Å². The van der Waals surface area contributed by atoms with Gasteiger partial charge in [-0.05, 0) is 38.0 Å². The van der Waals surface area contributed by atoms with Gasteiger partial charge in [0.05, 0.1) is 19.6 Å². The molecule has 0 aromatic heterocycles. The third-order valence-corrected chi connectivity index (χ3v) is 3.82. The number of hydrogen-bond donors (Lipinski definition) is 1. The van der Waals surface area contributed by atoms with Crippen LogP contribution in [-0.4, -0.2) is 43.5 Å². The predicted molar refractivity (Wildman–Crippen MR) is 82.0 cm³/mol. The molecule has 6 heteroatoms. The second kappa shape index (κ2) is 7.15. The molecule has 1 fully saturated rings. The van der Waals surface area contributed by atoms with Gasteiger partial charge in [-0.15, -0.1) is 0 Å². The van der Waals surface area contributed by atoms with Crippen molar-refractivity contribution in [1.82, 2.24) is 4.90 Å². The largest absolute Gasteiger partial charge is 0.493 e. The average molecular weight is 306 g/mol. The number of carbonyl (C=O) groups is 2. The molecule has 0 saturated carbocycles. The minimum Gasteiger partial charge on any atom is -0.493 e. The Morgan fingerprint density at radius 1 is 1.36 bits per heavy atom. The van der Waals surface area contributed by atoms with E-state index in [4.69, 9.17) is 15.2 Å². The number of nitrogens with zero attached hydrogens (tertiary/aromatic N) is 1. The Kier molecular flexibility index (Phi) is 5.25. The van der Waals surface area contributed by atoms with Crippen LogP contribution < -0.4 is 15.2 Å². The Bertz CT molecular complexity index is 559. The van der Waals surface area contributed by atoms with E-state index in [0.29, 0.717) is 36.8 Å². The molecule has 2 N–H and O–H groups in total. The molecule has 0 radical (unpaired) electrons. The molecule has 120 valence electrons. The number of piperidine rings is 1. The van der Waals surface area contributed by atoms with E-state index in [-0.39, 0.29) is 17.7 Å². The fraction of sp³-hybridized carbons (Fsp3) is 0.500. The Balaban J connectivity index is 2.18. The van der Waals surface area contributed by atoms with E-state index in [0.717, 1.165) is 12.8 Å². The number of likely N-dealkylation sites (tertiary alicyclic amines) is 1. The van der Waals surface area contributed by atoms with Crippen LogP contribution in [0.3, 0.4) is 0 Å². The van der Waals surface area contributed by atoms with Crippen molar-refractivity contribution in [1.29, 1.82) is 0 Å². The number of benzene rings is 1. The van der Waals surface area contributed by atoms with Crippen LogP contribution in [0.4, 0.5) is 0 Å². The maximum absolute atomic E-state index is 12.6. The molecule has 2 amide bonds. The van der Waals surface area contributed by atoms with E-state index >= 15 is 0 Å². The van der Waals surface area contributed by atoms with Crippen molar-refractivity contribution in [3.05, 3.63) is 23.8 Å². The van der Waals surface area contributed by atoms with Crippen molar-refractivity contribution in [2.45, 2.75) is 19.8 Å². The Morgan fingerprint density at radius 3 is 2.77 bits per heavy atom.